The molecule has 2 aromatic rings. The SMILES string of the molecule is COc1cc(CNC(=O)N2CCc3c(cccc3NC(C)=O)C2)cc(OC)c1OC. The van der Waals surface area contributed by atoms with Crippen molar-refractivity contribution >= 4 is 17.6 Å². The number of rotatable bonds is 6. The van der Waals surface area contributed by atoms with Gasteiger partial charge in [-0.1, -0.05) is 12.1 Å². The van der Waals surface area contributed by atoms with E-state index in [1.807, 2.05) is 30.3 Å². The second-order valence-electron chi connectivity index (χ2n) is 6.99. The van der Waals surface area contributed by atoms with Crippen LogP contribution in [0.3, 0.4) is 0 Å². The number of methoxy groups -OCH3 is 3. The van der Waals surface area contributed by atoms with Crippen LogP contribution in [0.2, 0.25) is 0 Å². The van der Waals surface area contributed by atoms with Gasteiger partial charge in [-0.25, -0.2) is 4.79 Å². The van der Waals surface area contributed by atoms with Crippen LogP contribution in [-0.2, 0) is 24.3 Å². The van der Waals surface area contributed by atoms with Gasteiger partial charge in [0.05, 0.1) is 21.3 Å². The lowest BCUT2D eigenvalue weighted by molar-refractivity contribution is -0.114. The molecule has 160 valence electrons. The van der Waals surface area contributed by atoms with Crippen LogP contribution >= 0.6 is 0 Å². The average Bonchev–Trinajstić information content (AvgIpc) is 2.76. The molecule has 0 spiro atoms. The molecule has 8 heteroatoms. The summed E-state index contributed by atoms with van der Waals surface area (Å²) in [6, 6.07) is 9.24. The molecule has 0 unspecified atom stereocenters. The van der Waals surface area contributed by atoms with E-state index in [1.165, 1.54) is 6.92 Å². The number of nitrogens with one attached hydrogen (secondary N) is 2. The van der Waals surface area contributed by atoms with Gasteiger partial charge in [-0.3, -0.25) is 4.79 Å². The Labute approximate surface area is 176 Å². The number of amides is 3. The molecule has 0 fully saturated rings. The lowest BCUT2D eigenvalue weighted by Crippen LogP contribution is -2.42. The van der Waals surface area contributed by atoms with Crippen LogP contribution in [0.1, 0.15) is 23.6 Å². The topological polar surface area (TPSA) is 89.1 Å². The Kier molecular flexibility index (Phi) is 6.66. The van der Waals surface area contributed by atoms with Gasteiger partial charge in [-0.05, 0) is 41.3 Å². The number of hydrogen-bond donors (Lipinski definition) is 2. The minimum absolute atomic E-state index is 0.103. The fourth-order valence-electron chi connectivity index (χ4n) is 3.62. The molecule has 0 radical (unpaired) electrons. The van der Waals surface area contributed by atoms with E-state index in [4.69, 9.17) is 14.2 Å². The zero-order chi connectivity index (χ0) is 21.7. The molecule has 0 aromatic heterocycles. The molecule has 3 amide bonds. The standard InChI is InChI=1S/C22H27N3O5/c1-14(26)24-18-7-5-6-16-13-25(9-8-17(16)18)22(27)23-12-15-10-19(28-2)21(30-4)20(11-15)29-3/h5-7,10-11H,8-9,12-13H2,1-4H3,(H,23,27)(H,24,26). The first-order valence-electron chi connectivity index (χ1n) is 9.66. The number of hydrogen-bond acceptors (Lipinski definition) is 5. The Bertz CT molecular complexity index is 919. The molecule has 0 atom stereocenters. The summed E-state index contributed by atoms with van der Waals surface area (Å²) in [5.74, 6) is 1.49. The minimum Gasteiger partial charge on any atom is -0.493 e. The average molecular weight is 413 g/mol. The van der Waals surface area contributed by atoms with E-state index in [0.29, 0.717) is 43.3 Å². The van der Waals surface area contributed by atoms with Gasteiger partial charge in [0.2, 0.25) is 11.7 Å². The maximum atomic E-state index is 12.7. The normalized spacial score (nSPS) is 12.6. The van der Waals surface area contributed by atoms with Crippen LogP contribution in [-0.4, -0.2) is 44.7 Å². The molecular formula is C22H27N3O5. The largest absolute Gasteiger partial charge is 0.493 e. The molecule has 0 saturated carbocycles. The molecule has 8 nitrogen and oxygen atoms in total. The first-order chi connectivity index (χ1) is 14.5. The van der Waals surface area contributed by atoms with Gasteiger partial charge in [-0.2, -0.15) is 0 Å². The van der Waals surface area contributed by atoms with Gasteiger partial charge < -0.3 is 29.7 Å². The zero-order valence-corrected chi connectivity index (χ0v) is 17.7. The van der Waals surface area contributed by atoms with E-state index in [1.54, 1.807) is 26.2 Å². The molecule has 30 heavy (non-hydrogen) atoms. The number of ether oxygens (including phenoxy) is 3. The van der Waals surface area contributed by atoms with Crippen molar-refractivity contribution in [2.45, 2.75) is 26.4 Å². The van der Waals surface area contributed by atoms with Crippen LogP contribution in [0.25, 0.3) is 0 Å². The second-order valence-corrected chi connectivity index (χ2v) is 6.99. The van der Waals surface area contributed by atoms with Crippen molar-refractivity contribution in [3.8, 4) is 17.2 Å². The second kappa shape index (κ2) is 9.39. The first-order valence-corrected chi connectivity index (χ1v) is 9.66. The Morgan fingerprint density at radius 1 is 1.07 bits per heavy atom. The molecule has 3 rings (SSSR count). The Morgan fingerprint density at radius 3 is 2.37 bits per heavy atom. The Hall–Kier alpha value is -3.42. The minimum atomic E-state index is -0.153. The molecule has 1 aliphatic heterocycles. The summed E-state index contributed by atoms with van der Waals surface area (Å²) in [6.07, 6.45) is 0.684. The fourth-order valence-corrected chi connectivity index (χ4v) is 3.62. The number of urea groups is 1. The summed E-state index contributed by atoms with van der Waals surface area (Å²) in [5.41, 5.74) is 3.78. The van der Waals surface area contributed by atoms with E-state index in [2.05, 4.69) is 10.6 Å². The highest BCUT2D eigenvalue weighted by molar-refractivity contribution is 5.90. The van der Waals surface area contributed by atoms with Gasteiger partial charge in [-0.15, -0.1) is 0 Å². The molecule has 2 aromatic carbocycles. The maximum absolute atomic E-state index is 12.7. The van der Waals surface area contributed by atoms with Crippen molar-refractivity contribution in [1.29, 1.82) is 0 Å². The van der Waals surface area contributed by atoms with E-state index in [9.17, 15) is 9.59 Å². The van der Waals surface area contributed by atoms with Gasteiger partial charge in [0.25, 0.3) is 0 Å². The van der Waals surface area contributed by atoms with Crippen molar-refractivity contribution in [2.75, 3.05) is 33.2 Å². The molecule has 2 N–H and O–H groups in total. The lowest BCUT2D eigenvalue weighted by atomic mass is 9.98. The van der Waals surface area contributed by atoms with Crippen molar-refractivity contribution in [3.63, 3.8) is 0 Å². The third-order valence-corrected chi connectivity index (χ3v) is 5.03. The molecule has 0 aliphatic carbocycles. The summed E-state index contributed by atoms with van der Waals surface area (Å²) in [7, 11) is 4.66. The predicted molar refractivity (Wildman–Crippen MR) is 113 cm³/mol. The van der Waals surface area contributed by atoms with Crippen LogP contribution in [0.15, 0.2) is 30.3 Å². The van der Waals surface area contributed by atoms with Crippen LogP contribution in [0, 0.1) is 0 Å². The molecular weight excluding hydrogens is 386 g/mol. The van der Waals surface area contributed by atoms with Gasteiger partial charge in [0.1, 0.15) is 0 Å². The summed E-state index contributed by atoms with van der Waals surface area (Å²) < 4.78 is 16.1. The molecule has 1 heterocycles. The third kappa shape index (κ3) is 4.59. The van der Waals surface area contributed by atoms with E-state index in [0.717, 1.165) is 22.4 Å². The Morgan fingerprint density at radius 2 is 1.77 bits per heavy atom. The smallest absolute Gasteiger partial charge is 0.317 e. The van der Waals surface area contributed by atoms with E-state index < -0.39 is 0 Å². The molecule has 1 aliphatic rings. The summed E-state index contributed by atoms with van der Waals surface area (Å²) in [6.45, 7) is 2.88. The lowest BCUT2D eigenvalue weighted by Gasteiger charge is -2.30. The summed E-state index contributed by atoms with van der Waals surface area (Å²) in [4.78, 5) is 25.9. The highest BCUT2D eigenvalue weighted by Gasteiger charge is 2.23. The molecule has 0 saturated heterocycles. The number of benzene rings is 2. The van der Waals surface area contributed by atoms with Gasteiger partial charge >= 0.3 is 6.03 Å². The Balaban J connectivity index is 1.68. The van der Waals surface area contributed by atoms with Gasteiger partial charge in [0.15, 0.2) is 11.5 Å². The third-order valence-electron chi connectivity index (χ3n) is 5.03. The van der Waals surface area contributed by atoms with E-state index >= 15 is 0 Å². The first kappa shape index (κ1) is 21.3. The van der Waals surface area contributed by atoms with Crippen LogP contribution < -0.4 is 24.8 Å². The number of carbonyl (C=O) groups excluding carboxylic acids is 2. The predicted octanol–water partition coefficient (Wildman–Crippen LogP) is 2.94. The van der Waals surface area contributed by atoms with Crippen molar-refractivity contribution in [3.05, 3.63) is 47.0 Å². The highest BCUT2D eigenvalue weighted by Crippen LogP contribution is 2.38. The monoisotopic (exact) mass is 413 g/mol. The van der Waals surface area contributed by atoms with Crippen molar-refractivity contribution in [1.82, 2.24) is 10.2 Å². The molecule has 0 bridgehead atoms. The number of nitrogens with zero attached hydrogens (tertiary/aromatic N) is 1. The number of carbonyl (C=O) groups is 2. The summed E-state index contributed by atoms with van der Waals surface area (Å²) in [5, 5.41) is 5.81. The number of fused-ring (bicyclic) bond motifs is 1. The quantitative estimate of drug-likeness (QED) is 0.760. The summed E-state index contributed by atoms with van der Waals surface area (Å²) >= 11 is 0. The zero-order valence-electron chi connectivity index (χ0n) is 17.7. The highest BCUT2D eigenvalue weighted by atomic mass is 16.5. The van der Waals surface area contributed by atoms with Gasteiger partial charge in [0, 0.05) is 32.2 Å². The van der Waals surface area contributed by atoms with Crippen LogP contribution in [0.5, 0.6) is 17.2 Å². The van der Waals surface area contributed by atoms with Crippen LogP contribution in [0.4, 0.5) is 10.5 Å². The number of anilines is 1. The maximum Gasteiger partial charge on any atom is 0.317 e. The fraction of sp³-hybridized carbons (Fsp3) is 0.364. The van der Waals surface area contributed by atoms with Crippen molar-refractivity contribution < 1.29 is 23.8 Å². The van der Waals surface area contributed by atoms with Crippen molar-refractivity contribution in [2.24, 2.45) is 0 Å². The van der Waals surface area contributed by atoms with E-state index in [-0.39, 0.29) is 11.9 Å².